The smallest absolute Gasteiger partial charge is 0.251 e. The molecule has 0 spiro atoms. The molecular formula is C22H21ClN4O3. The van der Waals surface area contributed by atoms with Gasteiger partial charge in [0.2, 0.25) is 11.8 Å². The van der Waals surface area contributed by atoms with Crippen LogP contribution in [0.2, 0.25) is 5.02 Å². The first-order valence-corrected chi connectivity index (χ1v) is 10.0. The van der Waals surface area contributed by atoms with Crippen molar-refractivity contribution in [1.82, 2.24) is 19.9 Å². The number of nitrogens with zero attached hydrogens (tertiary/aromatic N) is 3. The largest absolute Gasteiger partial charge is 0.481 e. The number of carbonyl (C=O) groups is 1. The summed E-state index contributed by atoms with van der Waals surface area (Å²) in [4.78, 5) is 38.5. The Bertz CT molecular complexity index is 1130. The number of likely N-dealkylation sites (tertiary alicyclic amines) is 1. The maximum atomic E-state index is 12.7. The first-order valence-electron chi connectivity index (χ1n) is 9.66. The van der Waals surface area contributed by atoms with Crippen molar-refractivity contribution in [2.45, 2.75) is 18.8 Å². The van der Waals surface area contributed by atoms with E-state index in [4.69, 9.17) is 16.3 Å². The number of nitrogens with one attached hydrogen (secondary N) is 1. The number of hydrogen-bond donors (Lipinski definition) is 1. The predicted molar refractivity (Wildman–Crippen MR) is 114 cm³/mol. The van der Waals surface area contributed by atoms with Crippen LogP contribution in [0.25, 0.3) is 11.3 Å². The van der Waals surface area contributed by atoms with Crippen LogP contribution < -0.4 is 10.3 Å². The van der Waals surface area contributed by atoms with E-state index in [0.717, 1.165) is 12.0 Å². The Morgan fingerprint density at radius 3 is 2.97 bits per heavy atom. The highest BCUT2D eigenvalue weighted by Gasteiger charge is 2.29. The Balaban J connectivity index is 1.52. The third-order valence-corrected chi connectivity index (χ3v) is 5.41. The third-order valence-electron chi connectivity index (χ3n) is 5.17. The molecule has 1 N–H and O–H groups in total. The van der Waals surface area contributed by atoms with E-state index in [0.29, 0.717) is 47.5 Å². The van der Waals surface area contributed by atoms with Gasteiger partial charge in [0.15, 0.2) is 0 Å². The van der Waals surface area contributed by atoms with Gasteiger partial charge in [-0.05, 0) is 36.2 Å². The highest BCUT2D eigenvalue weighted by molar-refractivity contribution is 6.30. The fourth-order valence-corrected chi connectivity index (χ4v) is 3.91. The van der Waals surface area contributed by atoms with Gasteiger partial charge in [-0.2, -0.15) is 0 Å². The van der Waals surface area contributed by atoms with E-state index in [-0.39, 0.29) is 17.4 Å². The lowest BCUT2D eigenvalue weighted by Crippen LogP contribution is -2.30. The number of carbonyl (C=O) groups excluding carboxylic acids is 1. The lowest BCUT2D eigenvalue weighted by molar-refractivity contribution is -0.129. The van der Waals surface area contributed by atoms with Crippen LogP contribution in [0.1, 0.15) is 23.7 Å². The Morgan fingerprint density at radius 1 is 1.30 bits per heavy atom. The Morgan fingerprint density at radius 2 is 2.17 bits per heavy atom. The van der Waals surface area contributed by atoms with Gasteiger partial charge < -0.3 is 14.6 Å². The molecule has 8 heteroatoms. The zero-order chi connectivity index (χ0) is 21.1. The second-order valence-corrected chi connectivity index (χ2v) is 7.64. The van der Waals surface area contributed by atoms with Crippen molar-refractivity contribution in [2.75, 3.05) is 20.2 Å². The summed E-state index contributed by atoms with van der Waals surface area (Å²) in [6, 6.07) is 12.3. The first-order chi connectivity index (χ1) is 14.5. The van der Waals surface area contributed by atoms with Crippen molar-refractivity contribution in [1.29, 1.82) is 0 Å². The molecule has 1 amide bonds. The van der Waals surface area contributed by atoms with Crippen LogP contribution in [0.4, 0.5) is 0 Å². The number of H-pyrrole nitrogens is 1. The summed E-state index contributed by atoms with van der Waals surface area (Å²) >= 11 is 6.01. The molecule has 0 unspecified atom stereocenters. The molecule has 3 aromatic rings. The molecule has 0 bridgehead atoms. The monoisotopic (exact) mass is 424 g/mol. The molecule has 30 heavy (non-hydrogen) atoms. The number of aromatic nitrogens is 3. The average molecular weight is 425 g/mol. The predicted octanol–water partition coefficient (Wildman–Crippen LogP) is 3.05. The van der Waals surface area contributed by atoms with Crippen molar-refractivity contribution in [3.63, 3.8) is 0 Å². The molecule has 1 fully saturated rings. The van der Waals surface area contributed by atoms with Gasteiger partial charge in [-0.1, -0.05) is 23.7 Å². The summed E-state index contributed by atoms with van der Waals surface area (Å²) in [6.07, 6.45) is 2.65. The summed E-state index contributed by atoms with van der Waals surface area (Å²) in [5.74, 6) is 0.976. The topological polar surface area (TPSA) is 88.2 Å². The van der Waals surface area contributed by atoms with Crippen LogP contribution in [-0.4, -0.2) is 46.0 Å². The number of pyridine rings is 1. The van der Waals surface area contributed by atoms with Gasteiger partial charge in [-0.3, -0.25) is 9.59 Å². The van der Waals surface area contributed by atoms with Gasteiger partial charge in [0, 0.05) is 36.3 Å². The minimum atomic E-state index is -0.246. The van der Waals surface area contributed by atoms with Crippen LogP contribution in [0.15, 0.2) is 53.5 Å². The molecule has 154 valence electrons. The normalized spacial score (nSPS) is 15.9. The Kier molecular flexibility index (Phi) is 5.81. The second-order valence-electron chi connectivity index (χ2n) is 7.21. The van der Waals surface area contributed by atoms with Gasteiger partial charge in [0.1, 0.15) is 5.82 Å². The molecule has 1 aromatic carbocycles. The van der Waals surface area contributed by atoms with Crippen molar-refractivity contribution in [2.24, 2.45) is 0 Å². The summed E-state index contributed by atoms with van der Waals surface area (Å²) in [6.45, 7) is 1.13. The summed E-state index contributed by atoms with van der Waals surface area (Å²) in [7, 11) is 1.53. The standard InChI is InChI=1S/C22H21ClN4O3/c1-30-22-17(6-3-8-24-22)18-12-19(28)26-21(25-18)15-7-9-27(13-15)20(29)11-14-4-2-5-16(23)10-14/h2-6,8,10,12,15H,7,9,11,13H2,1H3,(H,25,26,28)/t15-/m1/s1. The summed E-state index contributed by atoms with van der Waals surface area (Å²) in [5.41, 5.74) is 1.79. The van der Waals surface area contributed by atoms with E-state index in [1.165, 1.54) is 13.2 Å². The fraction of sp³-hybridized carbons (Fsp3) is 0.273. The number of ether oxygens (including phenoxy) is 1. The number of rotatable bonds is 5. The lowest BCUT2D eigenvalue weighted by Gasteiger charge is -2.17. The van der Waals surface area contributed by atoms with E-state index >= 15 is 0 Å². The SMILES string of the molecule is COc1ncccc1-c1cc(=O)[nH]c([C@@H]2CCN(C(=O)Cc3cccc(Cl)c3)C2)n1. The molecule has 0 radical (unpaired) electrons. The molecule has 3 heterocycles. The van der Waals surface area contributed by atoms with Crippen LogP contribution in [0.5, 0.6) is 5.88 Å². The summed E-state index contributed by atoms with van der Waals surface area (Å²) < 4.78 is 5.29. The molecule has 1 saturated heterocycles. The minimum Gasteiger partial charge on any atom is -0.481 e. The molecule has 2 aromatic heterocycles. The summed E-state index contributed by atoms with van der Waals surface area (Å²) in [5, 5.41) is 0.615. The minimum absolute atomic E-state index is 0.0344. The van der Waals surface area contributed by atoms with Gasteiger partial charge in [-0.15, -0.1) is 0 Å². The number of aromatic amines is 1. The zero-order valence-electron chi connectivity index (χ0n) is 16.5. The molecule has 7 nitrogen and oxygen atoms in total. The number of amides is 1. The highest BCUT2D eigenvalue weighted by Crippen LogP contribution is 2.29. The molecule has 0 saturated carbocycles. The average Bonchev–Trinajstić information content (AvgIpc) is 3.24. The van der Waals surface area contributed by atoms with Crippen LogP contribution in [0.3, 0.4) is 0 Å². The Hall–Kier alpha value is -3.19. The van der Waals surface area contributed by atoms with Crippen molar-refractivity contribution in [3.8, 4) is 17.1 Å². The van der Waals surface area contributed by atoms with Gasteiger partial charge in [0.05, 0.1) is 24.8 Å². The lowest BCUT2D eigenvalue weighted by atomic mass is 10.1. The number of halogens is 1. The zero-order valence-corrected chi connectivity index (χ0v) is 17.2. The van der Waals surface area contributed by atoms with E-state index in [1.54, 1.807) is 24.4 Å². The van der Waals surface area contributed by atoms with E-state index in [2.05, 4.69) is 15.0 Å². The fourth-order valence-electron chi connectivity index (χ4n) is 3.70. The first kappa shape index (κ1) is 20.1. The number of benzene rings is 1. The van der Waals surface area contributed by atoms with Crippen molar-refractivity contribution >= 4 is 17.5 Å². The molecular weight excluding hydrogens is 404 g/mol. The van der Waals surface area contributed by atoms with Gasteiger partial charge >= 0.3 is 0 Å². The quantitative estimate of drug-likeness (QED) is 0.680. The maximum Gasteiger partial charge on any atom is 0.251 e. The molecule has 1 aliphatic heterocycles. The molecule has 1 atom stereocenters. The van der Waals surface area contributed by atoms with Crippen molar-refractivity contribution in [3.05, 3.63) is 75.4 Å². The maximum absolute atomic E-state index is 12.7. The highest BCUT2D eigenvalue weighted by atomic mass is 35.5. The van der Waals surface area contributed by atoms with Crippen LogP contribution >= 0.6 is 11.6 Å². The van der Waals surface area contributed by atoms with Crippen molar-refractivity contribution < 1.29 is 9.53 Å². The molecule has 0 aliphatic carbocycles. The van der Waals surface area contributed by atoms with E-state index in [1.807, 2.05) is 23.1 Å². The second kappa shape index (κ2) is 8.67. The van der Waals surface area contributed by atoms with Gasteiger partial charge in [-0.25, -0.2) is 9.97 Å². The van der Waals surface area contributed by atoms with Gasteiger partial charge in [0.25, 0.3) is 5.56 Å². The Labute approximate surface area is 178 Å². The van der Waals surface area contributed by atoms with E-state index < -0.39 is 0 Å². The third kappa shape index (κ3) is 4.36. The van der Waals surface area contributed by atoms with E-state index in [9.17, 15) is 9.59 Å². The number of hydrogen-bond acceptors (Lipinski definition) is 5. The number of methoxy groups -OCH3 is 1. The van der Waals surface area contributed by atoms with Crippen LogP contribution in [0, 0.1) is 0 Å². The molecule has 1 aliphatic rings. The molecule has 4 rings (SSSR count). The van der Waals surface area contributed by atoms with Crippen LogP contribution in [-0.2, 0) is 11.2 Å².